The van der Waals surface area contributed by atoms with Gasteiger partial charge < -0.3 is 62.5 Å². The van der Waals surface area contributed by atoms with E-state index in [0.717, 1.165) is 5.56 Å². The quantitative estimate of drug-likeness (QED) is 0.0704. The second-order valence-electron chi connectivity index (χ2n) is 25.5. The minimum absolute atomic E-state index is 0.00602. The Morgan fingerprint density at radius 3 is 1.79 bits per heavy atom. The van der Waals surface area contributed by atoms with Crippen LogP contribution in [0.3, 0.4) is 0 Å². The molecule has 0 aromatic heterocycles. The van der Waals surface area contributed by atoms with Crippen molar-refractivity contribution in [3.05, 3.63) is 58.1 Å². The van der Waals surface area contributed by atoms with E-state index in [4.69, 9.17) is 19.9 Å². The number of hydrogen-bond acceptors (Lipinski definition) is 14. The summed E-state index contributed by atoms with van der Waals surface area (Å²) in [6.07, 6.45) is 0.135. The van der Waals surface area contributed by atoms with E-state index in [9.17, 15) is 46.8 Å². The lowest BCUT2D eigenvalue weighted by atomic mass is 9.88. The van der Waals surface area contributed by atoms with Crippen molar-refractivity contribution in [3.8, 4) is 5.75 Å². The highest BCUT2D eigenvalue weighted by atomic mass is 32.2. The van der Waals surface area contributed by atoms with E-state index in [0.29, 0.717) is 40.8 Å². The SMILES string of the molecule is Cc1c(C)c(S(=O)(=O)NC(N)=NCCC[C@@H]2NC(=O)[C@H](CC(C)C)NC(=O)[C@H](CC(C)C)NC(=O)[C@@H](Cc3ccccc3)NC(=O)[C@@H](NC(=O)OC(C)(C)C)CNC(=O)[C@@H](NC(=O)OC(C)(C)C)CCCCNC2=O)c(C)c2c1OC(C)(C)CC2. The van der Waals surface area contributed by atoms with Gasteiger partial charge in [-0.15, -0.1) is 0 Å². The maximum absolute atomic E-state index is 14.6. The van der Waals surface area contributed by atoms with Crippen molar-refractivity contribution in [3.63, 3.8) is 0 Å². The van der Waals surface area contributed by atoms with Crippen LogP contribution in [0.4, 0.5) is 9.59 Å². The molecule has 0 unspecified atom stereocenters. The first-order chi connectivity index (χ1) is 39.4. The lowest BCUT2D eigenvalue weighted by molar-refractivity contribution is -0.135. The number of nitrogens with zero attached hydrogens (tertiary/aromatic N) is 1. The van der Waals surface area contributed by atoms with E-state index >= 15 is 0 Å². The molecule has 2 aromatic rings. The van der Waals surface area contributed by atoms with Crippen LogP contribution in [0.5, 0.6) is 5.75 Å². The molecule has 2 aliphatic rings. The van der Waals surface area contributed by atoms with E-state index < -0.39 is 117 Å². The summed E-state index contributed by atoms with van der Waals surface area (Å²) in [5.74, 6) is -4.51. The van der Waals surface area contributed by atoms with Crippen molar-refractivity contribution in [2.75, 3.05) is 19.6 Å². The van der Waals surface area contributed by atoms with E-state index in [1.807, 2.05) is 48.5 Å². The molecule has 24 nitrogen and oxygen atoms in total. The molecule has 6 atom stereocenters. The van der Waals surface area contributed by atoms with Gasteiger partial charge in [-0.25, -0.2) is 22.7 Å². The van der Waals surface area contributed by atoms with Crippen molar-refractivity contribution < 1.29 is 61.0 Å². The fourth-order valence-corrected chi connectivity index (χ4v) is 11.3. The molecule has 1 fully saturated rings. The standard InChI is InChI=1S/C60H95N11O13S/c1-34(2)30-43-51(74)65-41(25-21-29-63-55(61)71-85(80,81)48-37(6)36(5)47-40(38(48)7)26-27-60(14,15)82-47)49(72)62-28-20-19-24-42(69-56(78)83-58(8,9)10)50(73)64-33-46(70-57(79)84-59(11,12)13)54(77)68-45(32-39-22-17-16-18-23-39)53(76)67-44(31-35(3)4)52(75)66-43/h16-18,22-23,34-35,41-46H,19-21,24-33H2,1-15H3,(H,62,72)(H,64,73)(H,65,74)(H,66,75)(H,67,76)(H,68,77)(H,69,78)(H,70,79)(H3,61,63,71)/t41-,42-,43-,44-,45+,46-/m0/s1. The lowest BCUT2D eigenvalue weighted by Crippen LogP contribution is -2.61. The Labute approximate surface area is 502 Å². The normalized spacial score (nSPS) is 22.0. The van der Waals surface area contributed by atoms with Crippen LogP contribution in [0.15, 0.2) is 40.2 Å². The third-order valence-electron chi connectivity index (χ3n) is 14.1. The van der Waals surface area contributed by atoms with Crippen molar-refractivity contribution >= 4 is 63.6 Å². The maximum atomic E-state index is 14.6. The van der Waals surface area contributed by atoms with Gasteiger partial charge in [0.1, 0.15) is 58.8 Å². The number of amides is 8. The van der Waals surface area contributed by atoms with Gasteiger partial charge in [0.25, 0.3) is 10.0 Å². The summed E-state index contributed by atoms with van der Waals surface area (Å²) in [5, 5.41) is 21.7. The summed E-state index contributed by atoms with van der Waals surface area (Å²) < 4.78 is 47.6. The predicted octanol–water partition coefficient (Wildman–Crippen LogP) is 4.57. The highest BCUT2D eigenvalue weighted by Gasteiger charge is 2.37. The molecule has 0 spiro atoms. The number of carbonyl (C=O) groups excluding carboxylic acids is 8. The van der Waals surface area contributed by atoms with Gasteiger partial charge in [0, 0.05) is 26.1 Å². The Morgan fingerprint density at radius 1 is 0.706 bits per heavy atom. The first kappa shape index (κ1) is 70.3. The lowest BCUT2D eigenvalue weighted by Gasteiger charge is -2.35. The molecule has 474 valence electrons. The molecule has 0 aliphatic carbocycles. The third-order valence-corrected chi connectivity index (χ3v) is 15.7. The molecule has 25 heteroatoms. The number of ether oxygens (including phenoxy) is 3. The number of guanidine groups is 1. The van der Waals surface area contributed by atoms with Crippen LogP contribution in [0.1, 0.15) is 162 Å². The highest BCUT2D eigenvalue weighted by molar-refractivity contribution is 7.90. The van der Waals surface area contributed by atoms with Gasteiger partial charge in [-0.3, -0.25) is 33.8 Å². The number of alkyl carbamates (subject to hydrolysis) is 2. The molecule has 2 aromatic carbocycles. The summed E-state index contributed by atoms with van der Waals surface area (Å²) in [6.45, 7) is 25.9. The van der Waals surface area contributed by atoms with Crippen LogP contribution in [0, 0.1) is 32.6 Å². The van der Waals surface area contributed by atoms with Crippen LogP contribution in [-0.4, -0.2) is 135 Å². The van der Waals surface area contributed by atoms with Crippen LogP contribution < -0.4 is 57.7 Å². The Morgan fingerprint density at radius 2 is 1.24 bits per heavy atom. The zero-order valence-electron chi connectivity index (χ0n) is 52.4. The number of fused-ring (bicyclic) bond motifs is 1. The molecule has 4 rings (SSSR count). The van der Waals surface area contributed by atoms with Crippen LogP contribution in [0.2, 0.25) is 0 Å². The molecule has 2 heterocycles. The van der Waals surface area contributed by atoms with Crippen LogP contribution in [-0.2, 0) is 61.1 Å². The number of nitrogens with two attached hydrogens (primary N) is 1. The summed E-state index contributed by atoms with van der Waals surface area (Å²) in [6, 6.07) is 0.886. The van der Waals surface area contributed by atoms with E-state index in [1.54, 1.807) is 85.7 Å². The number of aliphatic imine (C=N–C) groups is 1. The molecule has 1 saturated heterocycles. The predicted molar refractivity (Wildman–Crippen MR) is 323 cm³/mol. The van der Waals surface area contributed by atoms with Crippen molar-refractivity contribution in [1.29, 1.82) is 0 Å². The Kier molecular flexibility index (Phi) is 25.4. The monoisotopic (exact) mass is 1210 g/mol. The number of hydrogen-bond donors (Lipinski definition) is 10. The Bertz CT molecular complexity index is 2850. The van der Waals surface area contributed by atoms with Gasteiger partial charge in [-0.2, -0.15) is 0 Å². The van der Waals surface area contributed by atoms with E-state index in [2.05, 4.69) is 52.2 Å². The average molecular weight is 1210 g/mol. The minimum Gasteiger partial charge on any atom is -0.487 e. The van der Waals surface area contributed by atoms with E-state index in [1.165, 1.54) is 0 Å². The van der Waals surface area contributed by atoms with Gasteiger partial charge in [-0.1, -0.05) is 58.0 Å². The fraction of sp³-hybridized carbons (Fsp3) is 0.650. The summed E-state index contributed by atoms with van der Waals surface area (Å²) in [5.41, 5.74) is 7.07. The summed E-state index contributed by atoms with van der Waals surface area (Å²) in [4.78, 5) is 117. The number of carbonyl (C=O) groups is 8. The molecule has 85 heavy (non-hydrogen) atoms. The second kappa shape index (κ2) is 30.8. The van der Waals surface area contributed by atoms with Gasteiger partial charge in [0.15, 0.2) is 0 Å². The average Bonchev–Trinajstić information content (AvgIpc) is 0.944. The topological polar surface area (TPSA) is 345 Å². The Hall–Kier alpha value is -7.18. The molecule has 11 N–H and O–H groups in total. The second-order valence-corrected chi connectivity index (χ2v) is 27.1. The number of sulfonamides is 1. The van der Waals surface area contributed by atoms with Crippen LogP contribution in [0.25, 0.3) is 0 Å². The first-order valence-corrected chi connectivity index (χ1v) is 30.9. The largest absolute Gasteiger partial charge is 0.487 e. The zero-order valence-corrected chi connectivity index (χ0v) is 53.3. The smallest absolute Gasteiger partial charge is 0.408 e. The fourth-order valence-electron chi connectivity index (χ4n) is 9.80. The highest BCUT2D eigenvalue weighted by Crippen LogP contribution is 2.42. The molecule has 2 aliphatic heterocycles. The maximum Gasteiger partial charge on any atom is 0.408 e. The number of rotatable bonds is 14. The van der Waals surface area contributed by atoms with Gasteiger partial charge in [-0.05, 0) is 174 Å². The van der Waals surface area contributed by atoms with Gasteiger partial charge >= 0.3 is 12.2 Å². The van der Waals surface area contributed by atoms with Gasteiger partial charge in [0.2, 0.25) is 41.4 Å². The summed E-state index contributed by atoms with van der Waals surface area (Å²) >= 11 is 0. The molecule has 8 amide bonds. The molecular formula is C60H95N11O13S. The number of benzene rings is 2. The Balaban J connectivity index is 1.70. The molecule has 0 radical (unpaired) electrons. The van der Waals surface area contributed by atoms with Crippen molar-refractivity contribution in [2.45, 2.75) is 226 Å². The van der Waals surface area contributed by atoms with Gasteiger partial charge in [0.05, 0.1) is 4.90 Å². The molecular weight excluding hydrogens is 1110 g/mol. The molecule has 0 bridgehead atoms. The van der Waals surface area contributed by atoms with Crippen molar-refractivity contribution in [2.24, 2.45) is 22.6 Å². The third kappa shape index (κ3) is 23.0. The summed E-state index contributed by atoms with van der Waals surface area (Å²) in [7, 11) is -4.23. The van der Waals surface area contributed by atoms with Crippen molar-refractivity contribution in [1.82, 2.24) is 47.3 Å². The first-order valence-electron chi connectivity index (χ1n) is 29.4. The zero-order chi connectivity index (χ0) is 63.8. The minimum atomic E-state index is -4.23. The molecule has 0 saturated carbocycles. The van der Waals surface area contributed by atoms with Crippen LogP contribution >= 0.6 is 0 Å². The number of nitrogens with one attached hydrogen (secondary N) is 9. The van der Waals surface area contributed by atoms with E-state index in [-0.39, 0.29) is 87.1 Å².